The fraction of sp³-hybridized carbons (Fsp3) is 0.929. The molecular weight excluding hydrogens is 415 g/mol. The molecule has 0 aromatic carbocycles. The van der Waals surface area contributed by atoms with Crippen LogP contribution in [-0.2, 0) is 10.0 Å². The average Bonchev–Trinajstić information content (AvgIpc) is 2.31. The van der Waals surface area contributed by atoms with Gasteiger partial charge in [0, 0.05) is 25.2 Å². The molecule has 1 aliphatic rings. The average molecular weight is 446 g/mol. The fourth-order valence-corrected chi connectivity index (χ4v) is 3.68. The number of halogens is 1. The minimum Gasteiger partial charge on any atom is -0.357 e. The third-order valence-corrected chi connectivity index (χ3v) is 4.30. The van der Waals surface area contributed by atoms with E-state index in [2.05, 4.69) is 26.9 Å². The largest absolute Gasteiger partial charge is 0.357 e. The Kier molecular flexibility index (Phi) is 9.23. The molecule has 0 aromatic heterocycles. The number of hydrogen-bond acceptors (Lipinski definition) is 3. The fourth-order valence-electron chi connectivity index (χ4n) is 2.61. The van der Waals surface area contributed by atoms with Crippen molar-refractivity contribution >= 4 is 40.0 Å². The van der Waals surface area contributed by atoms with Crippen LogP contribution in [0.1, 0.15) is 40.5 Å². The Morgan fingerprint density at radius 1 is 1.41 bits per heavy atom. The SMILES string of the molecule is CCNC(=NCC(C)(C)NS(C)(=O)=O)N1CCCC(C)C1.I. The van der Waals surface area contributed by atoms with Gasteiger partial charge < -0.3 is 10.2 Å². The Balaban J connectivity index is 0.00000441. The molecule has 22 heavy (non-hydrogen) atoms. The quantitative estimate of drug-likeness (QED) is 0.383. The summed E-state index contributed by atoms with van der Waals surface area (Å²) in [5.74, 6) is 1.55. The van der Waals surface area contributed by atoms with Gasteiger partial charge in [-0.15, -0.1) is 24.0 Å². The molecule has 1 aliphatic heterocycles. The van der Waals surface area contributed by atoms with Gasteiger partial charge in [0.15, 0.2) is 5.96 Å². The zero-order chi connectivity index (χ0) is 16.1. The highest BCUT2D eigenvalue weighted by molar-refractivity contribution is 14.0. The zero-order valence-electron chi connectivity index (χ0n) is 14.3. The highest BCUT2D eigenvalue weighted by atomic mass is 127. The topological polar surface area (TPSA) is 73.8 Å². The molecule has 1 rings (SSSR count). The number of hydrogen-bond donors (Lipinski definition) is 2. The number of sulfonamides is 1. The molecule has 2 N–H and O–H groups in total. The van der Waals surface area contributed by atoms with Gasteiger partial charge in [-0.3, -0.25) is 4.99 Å². The molecule has 132 valence electrons. The molecule has 1 unspecified atom stereocenters. The second-order valence-electron chi connectivity index (χ2n) is 6.62. The van der Waals surface area contributed by atoms with E-state index in [9.17, 15) is 8.42 Å². The van der Waals surface area contributed by atoms with Crippen LogP contribution in [0, 0.1) is 5.92 Å². The smallest absolute Gasteiger partial charge is 0.209 e. The molecule has 0 saturated carbocycles. The van der Waals surface area contributed by atoms with Crippen molar-refractivity contribution in [1.29, 1.82) is 0 Å². The number of nitrogens with zero attached hydrogens (tertiary/aromatic N) is 2. The van der Waals surface area contributed by atoms with Gasteiger partial charge in [-0.25, -0.2) is 13.1 Å². The minimum absolute atomic E-state index is 0. The maximum absolute atomic E-state index is 11.4. The minimum atomic E-state index is -3.23. The van der Waals surface area contributed by atoms with Crippen molar-refractivity contribution in [2.24, 2.45) is 10.9 Å². The van der Waals surface area contributed by atoms with E-state index in [1.165, 1.54) is 19.1 Å². The van der Waals surface area contributed by atoms with E-state index in [-0.39, 0.29) is 24.0 Å². The number of piperidine rings is 1. The summed E-state index contributed by atoms with van der Waals surface area (Å²) in [6.45, 7) is 11.2. The predicted molar refractivity (Wildman–Crippen MR) is 103 cm³/mol. The van der Waals surface area contributed by atoms with E-state index >= 15 is 0 Å². The Hall–Kier alpha value is -0.0900. The molecule has 8 heteroatoms. The molecule has 1 fully saturated rings. The Morgan fingerprint density at radius 2 is 2.05 bits per heavy atom. The number of aliphatic imine (C=N–C) groups is 1. The molecule has 1 saturated heterocycles. The molecule has 0 bridgehead atoms. The van der Waals surface area contributed by atoms with Gasteiger partial charge >= 0.3 is 0 Å². The van der Waals surface area contributed by atoms with Crippen LogP contribution in [0.5, 0.6) is 0 Å². The van der Waals surface area contributed by atoms with Crippen LogP contribution < -0.4 is 10.0 Å². The van der Waals surface area contributed by atoms with Crippen molar-refractivity contribution in [3.63, 3.8) is 0 Å². The van der Waals surface area contributed by atoms with Crippen LogP contribution in [0.25, 0.3) is 0 Å². The third-order valence-electron chi connectivity index (χ3n) is 3.38. The molecule has 1 heterocycles. The van der Waals surface area contributed by atoms with Crippen molar-refractivity contribution in [3.05, 3.63) is 0 Å². The van der Waals surface area contributed by atoms with Crippen molar-refractivity contribution in [2.45, 2.75) is 46.1 Å². The summed E-state index contributed by atoms with van der Waals surface area (Å²) in [5.41, 5.74) is -0.588. The first-order valence-corrected chi connectivity index (χ1v) is 9.54. The lowest BCUT2D eigenvalue weighted by molar-refractivity contribution is 0.265. The highest BCUT2D eigenvalue weighted by Crippen LogP contribution is 2.15. The summed E-state index contributed by atoms with van der Waals surface area (Å²) in [7, 11) is -3.23. The lowest BCUT2D eigenvalue weighted by Crippen LogP contribution is -2.49. The van der Waals surface area contributed by atoms with Gasteiger partial charge in [0.1, 0.15) is 0 Å². The summed E-state index contributed by atoms with van der Waals surface area (Å²) in [6, 6.07) is 0. The summed E-state index contributed by atoms with van der Waals surface area (Å²) in [6.07, 6.45) is 3.61. The number of guanidine groups is 1. The summed E-state index contributed by atoms with van der Waals surface area (Å²) < 4.78 is 25.4. The first-order chi connectivity index (χ1) is 9.63. The van der Waals surface area contributed by atoms with Crippen LogP contribution in [0.4, 0.5) is 0 Å². The van der Waals surface area contributed by atoms with E-state index in [0.29, 0.717) is 12.5 Å². The Bertz CT molecular complexity index is 465. The predicted octanol–water partition coefficient (Wildman–Crippen LogP) is 1.63. The van der Waals surface area contributed by atoms with Crippen molar-refractivity contribution in [2.75, 3.05) is 32.4 Å². The van der Waals surface area contributed by atoms with Crippen LogP contribution in [0.15, 0.2) is 4.99 Å². The second kappa shape index (κ2) is 9.27. The van der Waals surface area contributed by atoms with Crippen LogP contribution in [0.2, 0.25) is 0 Å². The van der Waals surface area contributed by atoms with Crippen molar-refractivity contribution in [1.82, 2.24) is 14.9 Å². The molecule has 0 radical (unpaired) electrons. The van der Waals surface area contributed by atoms with E-state index in [0.717, 1.165) is 25.6 Å². The van der Waals surface area contributed by atoms with Crippen LogP contribution >= 0.6 is 24.0 Å². The lowest BCUT2D eigenvalue weighted by Gasteiger charge is -2.34. The third kappa shape index (κ3) is 8.52. The number of likely N-dealkylation sites (tertiary alicyclic amines) is 1. The summed E-state index contributed by atoms with van der Waals surface area (Å²) in [5, 5.41) is 3.31. The molecule has 0 aromatic rings. The monoisotopic (exact) mass is 446 g/mol. The molecule has 6 nitrogen and oxygen atoms in total. The lowest BCUT2D eigenvalue weighted by atomic mass is 10.0. The molecule has 0 aliphatic carbocycles. The number of nitrogens with one attached hydrogen (secondary N) is 2. The van der Waals surface area contributed by atoms with E-state index in [1.54, 1.807) is 0 Å². The highest BCUT2D eigenvalue weighted by Gasteiger charge is 2.24. The standard InChI is InChI=1S/C14H30N4O2S.HI/c1-6-15-13(18-9-7-8-12(2)10-18)16-11-14(3,4)17-21(5,19)20;/h12,17H,6-11H2,1-5H3,(H,15,16);1H. The van der Waals surface area contributed by atoms with Crippen LogP contribution in [0.3, 0.4) is 0 Å². The molecular formula is C14H31IN4O2S. The first-order valence-electron chi connectivity index (χ1n) is 7.65. The zero-order valence-corrected chi connectivity index (χ0v) is 17.5. The summed E-state index contributed by atoms with van der Waals surface area (Å²) >= 11 is 0. The summed E-state index contributed by atoms with van der Waals surface area (Å²) in [4.78, 5) is 6.90. The Labute approximate surface area is 152 Å². The van der Waals surface area contributed by atoms with Gasteiger partial charge in [-0.05, 0) is 39.5 Å². The van der Waals surface area contributed by atoms with Gasteiger partial charge in [-0.2, -0.15) is 0 Å². The maximum atomic E-state index is 11.4. The molecule has 0 spiro atoms. The van der Waals surface area contributed by atoms with Gasteiger partial charge in [0.05, 0.1) is 12.8 Å². The molecule has 1 atom stereocenters. The van der Waals surface area contributed by atoms with Crippen molar-refractivity contribution < 1.29 is 8.42 Å². The van der Waals surface area contributed by atoms with Gasteiger partial charge in [0.25, 0.3) is 0 Å². The van der Waals surface area contributed by atoms with E-state index < -0.39 is 15.6 Å². The number of rotatable bonds is 5. The molecule has 0 amide bonds. The maximum Gasteiger partial charge on any atom is 0.209 e. The van der Waals surface area contributed by atoms with Crippen molar-refractivity contribution in [3.8, 4) is 0 Å². The Morgan fingerprint density at radius 3 is 2.55 bits per heavy atom. The second-order valence-corrected chi connectivity index (χ2v) is 8.37. The van der Waals surface area contributed by atoms with Crippen LogP contribution in [-0.4, -0.2) is 57.3 Å². The first kappa shape index (κ1) is 21.9. The van der Waals surface area contributed by atoms with Gasteiger partial charge in [0.2, 0.25) is 10.0 Å². The normalized spacial score (nSPS) is 20.5. The van der Waals surface area contributed by atoms with E-state index in [1.807, 2.05) is 20.8 Å². The van der Waals surface area contributed by atoms with Gasteiger partial charge in [-0.1, -0.05) is 6.92 Å². The van der Waals surface area contributed by atoms with E-state index in [4.69, 9.17) is 0 Å².